The molecular weight excluding hydrogens is 233 g/mol. The Morgan fingerprint density at radius 2 is 1.89 bits per heavy atom. The fourth-order valence-corrected chi connectivity index (χ4v) is 1.46. The lowest BCUT2D eigenvalue weighted by molar-refractivity contribution is 0.235. The molecule has 0 bridgehead atoms. The van der Waals surface area contributed by atoms with Crippen molar-refractivity contribution in [3.63, 3.8) is 0 Å². The van der Waals surface area contributed by atoms with Crippen molar-refractivity contribution >= 4 is 0 Å². The van der Waals surface area contributed by atoms with Crippen LogP contribution in [0.15, 0.2) is 48.5 Å². The van der Waals surface area contributed by atoms with Crippen LogP contribution in [0.3, 0.4) is 0 Å². The first kappa shape index (κ1) is 12.1. The second-order valence-electron chi connectivity index (χ2n) is 3.64. The van der Waals surface area contributed by atoms with E-state index in [9.17, 15) is 9.50 Å². The lowest BCUT2D eigenvalue weighted by Crippen LogP contribution is -1.96. The van der Waals surface area contributed by atoms with Crippen LogP contribution in [0.4, 0.5) is 4.39 Å². The van der Waals surface area contributed by atoms with Gasteiger partial charge in [0.05, 0.1) is 6.07 Å². The topological polar surface area (TPSA) is 53.2 Å². The molecule has 18 heavy (non-hydrogen) atoms. The van der Waals surface area contributed by atoms with Gasteiger partial charge in [-0.15, -0.1) is 0 Å². The normalized spacial score (nSPS) is 11.6. The molecule has 90 valence electrons. The summed E-state index contributed by atoms with van der Waals surface area (Å²) in [5.41, 5.74) is 0.296. The summed E-state index contributed by atoms with van der Waals surface area (Å²) in [4.78, 5) is 0. The number of hydrogen-bond donors (Lipinski definition) is 1. The van der Waals surface area contributed by atoms with Gasteiger partial charge in [0.1, 0.15) is 5.75 Å². The van der Waals surface area contributed by atoms with Crippen LogP contribution >= 0.6 is 0 Å². The standard InChI is InChI=1S/C14H10FNO2/c15-12-7-6-10(13(17)9-16)8-14(12)18-11-4-2-1-3-5-11/h1-8,13,17H/t13-/m0/s1. The summed E-state index contributed by atoms with van der Waals surface area (Å²) in [6.45, 7) is 0. The van der Waals surface area contributed by atoms with E-state index in [-0.39, 0.29) is 5.75 Å². The van der Waals surface area contributed by atoms with Crippen LogP contribution in [0.2, 0.25) is 0 Å². The van der Waals surface area contributed by atoms with Crippen LogP contribution < -0.4 is 4.74 Å². The van der Waals surface area contributed by atoms with Crippen molar-refractivity contribution in [2.24, 2.45) is 0 Å². The highest BCUT2D eigenvalue weighted by atomic mass is 19.1. The number of rotatable bonds is 3. The number of aliphatic hydroxyl groups is 1. The second-order valence-corrected chi connectivity index (χ2v) is 3.64. The van der Waals surface area contributed by atoms with Crippen molar-refractivity contribution in [1.29, 1.82) is 5.26 Å². The molecule has 1 atom stereocenters. The summed E-state index contributed by atoms with van der Waals surface area (Å²) in [6, 6.07) is 14.2. The zero-order chi connectivity index (χ0) is 13.0. The van der Waals surface area contributed by atoms with E-state index in [1.165, 1.54) is 12.1 Å². The van der Waals surface area contributed by atoms with Crippen LogP contribution in [-0.2, 0) is 0 Å². The third-order valence-electron chi connectivity index (χ3n) is 2.36. The minimum Gasteiger partial charge on any atom is -0.454 e. The second kappa shape index (κ2) is 5.30. The molecule has 0 saturated heterocycles. The van der Waals surface area contributed by atoms with Gasteiger partial charge in [-0.3, -0.25) is 0 Å². The van der Waals surface area contributed by atoms with Gasteiger partial charge in [0.15, 0.2) is 17.7 Å². The molecular formula is C14H10FNO2. The fourth-order valence-electron chi connectivity index (χ4n) is 1.46. The Morgan fingerprint density at radius 3 is 2.56 bits per heavy atom. The molecule has 0 amide bonds. The van der Waals surface area contributed by atoms with E-state index in [2.05, 4.69) is 0 Å². The van der Waals surface area contributed by atoms with Gasteiger partial charge >= 0.3 is 0 Å². The minimum absolute atomic E-state index is 0.0204. The number of para-hydroxylation sites is 1. The lowest BCUT2D eigenvalue weighted by atomic mass is 10.1. The van der Waals surface area contributed by atoms with Crippen molar-refractivity contribution in [3.05, 3.63) is 59.9 Å². The van der Waals surface area contributed by atoms with Crippen LogP contribution in [0.1, 0.15) is 11.7 Å². The van der Waals surface area contributed by atoms with Crippen molar-refractivity contribution < 1.29 is 14.2 Å². The molecule has 0 saturated carbocycles. The van der Waals surface area contributed by atoms with Gasteiger partial charge in [0.25, 0.3) is 0 Å². The maximum atomic E-state index is 13.5. The Hall–Kier alpha value is -2.38. The summed E-state index contributed by atoms with van der Waals surface area (Å²) in [7, 11) is 0. The summed E-state index contributed by atoms with van der Waals surface area (Å²) >= 11 is 0. The van der Waals surface area contributed by atoms with Gasteiger partial charge < -0.3 is 9.84 Å². The molecule has 0 aliphatic carbocycles. The summed E-state index contributed by atoms with van der Waals surface area (Å²) < 4.78 is 18.9. The van der Waals surface area contributed by atoms with E-state index in [1.807, 2.05) is 6.07 Å². The predicted molar refractivity (Wildman–Crippen MR) is 63.5 cm³/mol. The first-order valence-electron chi connectivity index (χ1n) is 5.31. The first-order chi connectivity index (χ1) is 8.70. The minimum atomic E-state index is -1.29. The zero-order valence-corrected chi connectivity index (χ0v) is 9.38. The largest absolute Gasteiger partial charge is 0.454 e. The summed E-state index contributed by atoms with van der Waals surface area (Å²) in [6.07, 6.45) is -1.29. The summed E-state index contributed by atoms with van der Waals surface area (Å²) in [5, 5.41) is 18.0. The molecule has 4 heteroatoms. The molecule has 0 aromatic heterocycles. The van der Waals surface area contributed by atoms with E-state index in [1.54, 1.807) is 30.3 Å². The van der Waals surface area contributed by atoms with Crippen LogP contribution in [-0.4, -0.2) is 5.11 Å². The predicted octanol–water partition coefficient (Wildman–Crippen LogP) is 3.17. The van der Waals surface area contributed by atoms with E-state index in [0.717, 1.165) is 6.07 Å². The number of hydrogen-bond acceptors (Lipinski definition) is 3. The first-order valence-corrected chi connectivity index (χ1v) is 5.31. The number of aliphatic hydroxyl groups excluding tert-OH is 1. The summed E-state index contributed by atoms with van der Waals surface area (Å²) in [5.74, 6) is -0.0826. The van der Waals surface area contributed by atoms with Crippen LogP contribution in [0.5, 0.6) is 11.5 Å². The van der Waals surface area contributed by atoms with E-state index >= 15 is 0 Å². The maximum absolute atomic E-state index is 13.5. The van der Waals surface area contributed by atoms with Gasteiger partial charge in [-0.2, -0.15) is 5.26 Å². The number of benzene rings is 2. The third kappa shape index (κ3) is 2.65. The SMILES string of the molecule is N#C[C@H](O)c1ccc(F)c(Oc2ccccc2)c1. The van der Waals surface area contributed by atoms with Crippen molar-refractivity contribution in [2.75, 3.05) is 0 Å². The molecule has 0 heterocycles. The molecule has 0 aliphatic rings. The average Bonchev–Trinajstić information content (AvgIpc) is 2.41. The number of nitrogens with zero attached hydrogens (tertiary/aromatic N) is 1. The van der Waals surface area contributed by atoms with Gasteiger partial charge in [-0.1, -0.05) is 24.3 Å². The molecule has 0 spiro atoms. The Bertz CT molecular complexity index is 578. The van der Waals surface area contributed by atoms with Gasteiger partial charge in [0, 0.05) is 0 Å². The Kier molecular flexibility index (Phi) is 3.56. The molecule has 0 aliphatic heterocycles. The number of nitriles is 1. The monoisotopic (exact) mass is 243 g/mol. The highest BCUT2D eigenvalue weighted by Gasteiger charge is 2.11. The van der Waals surface area contributed by atoms with Gasteiger partial charge in [-0.25, -0.2) is 4.39 Å². The average molecular weight is 243 g/mol. The third-order valence-corrected chi connectivity index (χ3v) is 2.36. The highest BCUT2D eigenvalue weighted by Crippen LogP contribution is 2.27. The van der Waals surface area contributed by atoms with Crippen LogP contribution in [0.25, 0.3) is 0 Å². The quantitative estimate of drug-likeness (QED) is 0.842. The molecule has 0 unspecified atom stereocenters. The number of halogens is 1. The Labute approximate surface area is 104 Å². The maximum Gasteiger partial charge on any atom is 0.166 e. The smallest absolute Gasteiger partial charge is 0.166 e. The highest BCUT2D eigenvalue weighted by molar-refractivity contribution is 5.37. The van der Waals surface area contributed by atoms with Gasteiger partial charge in [0.2, 0.25) is 0 Å². The molecule has 2 aromatic carbocycles. The Balaban J connectivity index is 2.30. The molecule has 2 aromatic rings. The van der Waals surface area contributed by atoms with E-state index in [4.69, 9.17) is 10.00 Å². The molecule has 0 fully saturated rings. The lowest BCUT2D eigenvalue weighted by Gasteiger charge is -2.09. The van der Waals surface area contributed by atoms with E-state index < -0.39 is 11.9 Å². The van der Waals surface area contributed by atoms with E-state index in [0.29, 0.717) is 11.3 Å². The van der Waals surface area contributed by atoms with Crippen molar-refractivity contribution in [3.8, 4) is 17.6 Å². The van der Waals surface area contributed by atoms with Crippen LogP contribution in [0, 0.1) is 17.1 Å². The van der Waals surface area contributed by atoms with Gasteiger partial charge in [-0.05, 0) is 29.8 Å². The molecule has 3 nitrogen and oxygen atoms in total. The van der Waals surface area contributed by atoms with Crippen molar-refractivity contribution in [1.82, 2.24) is 0 Å². The molecule has 0 radical (unpaired) electrons. The number of ether oxygens (including phenoxy) is 1. The molecule has 2 rings (SSSR count). The zero-order valence-electron chi connectivity index (χ0n) is 9.38. The Morgan fingerprint density at radius 1 is 1.17 bits per heavy atom. The molecule has 1 N–H and O–H groups in total. The fraction of sp³-hybridized carbons (Fsp3) is 0.0714. The van der Waals surface area contributed by atoms with Crippen molar-refractivity contribution in [2.45, 2.75) is 6.10 Å².